The van der Waals surface area contributed by atoms with Crippen molar-refractivity contribution in [1.29, 1.82) is 0 Å². The summed E-state index contributed by atoms with van der Waals surface area (Å²) in [6.45, 7) is 5.88. The number of halogens is 2. The van der Waals surface area contributed by atoms with Gasteiger partial charge in [-0.1, -0.05) is 6.07 Å². The predicted octanol–water partition coefficient (Wildman–Crippen LogP) is 4.03. The van der Waals surface area contributed by atoms with Crippen LogP contribution in [-0.4, -0.2) is 41.3 Å². The van der Waals surface area contributed by atoms with Crippen molar-refractivity contribution < 1.29 is 28.6 Å². The normalized spacial score (nSPS) is 19.9. The number of ether oxygens (including phenoxy) is 1. The Labute approximate surface area is 190 Å². The topological polar surface area (TPSA) is 105 Å². The van der Waals surface area contributed by atoms with Crippen LogP contribution in [0.3, 0.4) is 0 Å². The molecule has 1 atom stereocenters. The van der Waals surface area contributed by atoms with Gasteiger partial charge in [0.25, 0.3) is 0 Å². The molecule has 0 radical (unpaired) electrons. The molecule has 1 aromatic carbocycles. The van der Waals surface area contributed by atoms with Crippen LogP contribution in [0.4, 0.5) is 9.18 Å². The minimum absolute atomic E-state index is 0.000423. The first-order valence-electron chi connectivity index (χ1n) is 10.4. The highest BCUT2D eigenvalue weighted by molar-refractivity contribution is 9.10. The molecule has 1 fully saturated rings. The van der Waals surface area contributed by atoms with Crippen LogP contribution in [0, 0.1) is 17.7 Å². The number of hydrogen-bond donors (Lipinski definition) is 3. The second-order valence-electron chi connectivity index (χ2n) is 8.95. The lowest BCUT2D eigenvalue weighted by molar-refractivity contribution is -0.142. The highest BCUT2D eigenvalue weighted by atomic mass is 79.9. The van der Waals surface area contributed by atoms with Gasteiger partial charge in [0.05, 0.1) is 4.47 Å². The highest BCUT2D eigenvalue weighted by Crippen LogP contribution is 2.29. The highest BCUT2D eigenvalue weighted by Gasteiger charge is 2.30. The third kappa shape index (κ3) is 8.47. The number of benzene rings is 1. The molecular formula is C22H30BrFN2O5. The summed E-state index contributed by atoms with van der Waals surface area (Å²) in [5.41, 5.74) is -0.0620. The summed E-state index contributed by atoms with van der Waals surface area (Å²) in [5, 5.41) is 14.8. The van der Waals surface area contributed by atoms with Crippen LogP contribution < -0.4 is 10.6 Å². The van der Waals surface area contributed by atoms with Crippen molar-refractivity contribution in [2.45, 2.75) is 64.5 Å². The average Bonchev–Trinajstić information content (AvgIpc) is 2.67. The largest absolute Gasteiger partial charge is 0.480 e. The molecular weight excluding hydrogens is 471 g/mol. The van der Waals surface area contributed by atoms with E-state index in [1.54, 1.807) is 26.8 Å². The van der Waals surface area contributed by atoms with Crippen LogP contribution in [0.1, 0.15) is 52.0 Å². The zero-order chi connectivity index (χ0) is 23.2. The zero-order valence-corrected chi connectivity index (χ0v) is 19.6. The number of amides is 2. The molecule has 1 saturated carbocycles. The second-order valence-corrected chi connectivity index (χ2v) is 9.81. The monoisotopic (exact) mass is 500 g/mol. The summed E-state index contributed by atoms with van der Waals surface area (Å²) in [7, 11) is 0. The number of carboxylic acid groups (broad SMARTS) is 1. The number of nitrogens with one attached hydrogen (secondary N) is 2. The number of hydrogen-bond acceptors (Lipinski definition) is 4. The summed E-state index contributed by atoms with van der Waals surface area (Å²) in [6.07, 6.45) is 2.28. The van der Waals surface area contributed by atoms with Gasteiger partial charge in [0.1, 0.15) is 17.5 Å². The van der Waals surface area contributed by atoms with E-state index in [0.29, 0.717) is 29.4 Å². The predicted molar refractivity (Wildman–Crippen MR) is 117 cm³/mol. The number of carboxylic acids is 1. The molecule has 0 unspecified atom stereocenters. The van der Waals surface area contributed by atoms with Crippen molar-refractivity contribution in [3.05, 3.63) is 34.1 Å². The smallest absolute Gasteiger partial charge is 0.407 e. The van der Waals surface area contributed by atoms with Crippen molar-refractivity contribution in [3.8, 4) is 0 Å². The first kappa shape index (κ1) is 25.1. The molecule has 0 saturated heterocycles. The van der Waals surface area contributed by atoms with Gasteiger partial charge in [-0.05, 0) is 86.0 Å². The number of carbonyl (C=O) groups excluding carboxylic acids is 2. The van der Waals surface area contributed by atoms with E-state index in [-0.39, 0.29) is 24.2 Å². The number of carbonyl (C=O) groups is 3. The summed E-state index contributed by atoms with van der Waals surface area (Å²) < 4.78 is 19.2. The Morgan fingerprint density at radius 1 is 1.23 bits per heavy atom. The fraction of sp³-hybridized carbons (Fsp3) is 0.591. The quantitative estimate of drug-likeness (QED) is 0.524. The van der Waals surface area contributed by atoms with Crippen molar-refractivity contribution in [2.24, 2.45) is 11.8 Å². The molecule has 0 aliphatic heterocycles. The van der Waals surface area contributed by atoms with Crippen LogP contribution >= 0.6 is 15.9 Å². The summed E-state index contributed by atoms with van der Waals surface area (Å²) in [6, 6.07) is 3.27. The SMILES string of the molecule is CC(C)(C)OC(=O)NCC1CCC(C(=O)N[C@@H](Cc2ccc(Br)c(F)c2)C(=O)O)CC1. The van der Waals surface area contributed by atoms with Gasteiger partial charge in [-0.2, -0.15) is 0 Å². The van der Waals surface area contributed by atoms with Crippen LogP contribution in [0.25, 0.3) is 0 Å². The lowest BCUT2D eigenvalue weighted by atomic mass is 9.81. The second kappa shape index (κ2) is 10.9. The van der Waals surface area contributed by atoms with Gasteiger partial charge in [0, 0.05) is 18.9 Å². The number of aliphatic carboxylic acids is 1. The summed E-state index contributed by atoms with van der Waals surface area (Å²) in [5.74, 6) is -1.97. The standard InChI is InChI=1S/C22H30BrFN2O5/c1-22(2,3)31-21(30)25-12-13-4-7-15(8-5-13)19(27)26-18(20(28)29)11-14-6-9-16(23)17(24)10-14/h6,9-10,13,15,18H,4-5,7-8,11-12H2,1-3H3,(H,25,30)(H,26,27)(H,28,29)/t13?,15?,18-/m0/s1. The Morgan fingerprint density at radius 3 is 2.42 bits per heavy atom. The van der Waals surface area contributed by atoms with E-state index in [1.165, 1.54) is 12.1 Å². The first-order chi connectivity index (χ1) is 14.4. The molecule has 1 aliphatic rings. The van der Waals surface area contributed by atoms with E-state index in [4.69, 9.17) is 4.74 Å². The molecule has 0 spiro atoms. The maximum absolute atomic E-state index is 13.7. The minimum Gasteiger partial charge on any atom is -0.480 e. The Bertz CT molecular complexity index is 804. The van der Waals surface area contributed by atoms with Crippen molar-refractivity contribution >= 4 is 33.9 Å². The van der Waals surface area contributed by atoms with Gasteiger partial charge < -0.3 is 20.5 Å². The Hall–Kier alpha value is -2.16. The molecule has 31 heavy (non-hydrogen) atoms. The molecule has 0 bridgehead atoms. The molecule has 9 heteroatoms. The fourth-order valence-corrected chi connectivity index (χ4v) is 3.81. The van der Waals surface area contributed by atoms with E-state index in [0.717, 1.165) is 12.8 Å². The maximum atomic E-state index is 13.7. The van der Waals surface area contributed by atoms with Crippen LogP contribution in [0.15, 0.2) is 22.7 Å². The lowest BCUT2D eigenvalue weighted by Crippen LogP contribution is -2.46. The van der Waals surface area contributed by atoms with Crippen LogP contribution in [-0.2, 0) is 20.7 Å². The fourth-order valence-electron chi connectivity index (χ4n) is 3.56. The number of rotatable bonds is 7. The molecule has 0 aromatic heterocycles. The molecule has 1 aliphatic carbocycles. The minimum atomic E-state index is -1.16. The van der Waals surface area contributed by atoms with E-state index in [9.17, 15) is 23.9 Å². The van der Waals surface area contributed by atoms with Crippen molar-refractivity contribution in [3.63, 3.8) is 0 Å². The summed E-state index contributed by atoms with van der Waals surface area (Å²) >= 11 is 3.06. The molecule has 2 amide bonds. The van der Waals surface area contributed by atoms with E-state index >= 15 is 0 Å². The van der Waals surface area contributed by atoms with Gasteiger partial charge in [-0.15, -0.1) is 0 Å². The van der Waals surface area contributed by atoms with E-state index < -0.39 is 29.5 Å². The van der Waals surface area contributed by atoms with Gasteiger partial charge in [-0.3, -0.25) is 4.79 Å². The molecule has 1 aromatic rings. The van der Waals surface area contributed by atoms with E-state index in [1.807, 2.05) is 0 Å². The molecule has 2 rings (SSSR count). The van der Waals surface area contributed by atoms with Gasteiger partial charge >= 0.3 is 12.1 Å². The molecule has 172 valence electrons. The number of alkyl carbamates (subject to hydrolysis) is 1. The first-order valence-corrected chi connectivity index (χ1v) is 11.2. The third-order valence-electron chi connectivity index (χ3n) is 5.19. The average molecular weight is 501 g/mol. The lowest BCUT2D eigenvalue weighted by Gasteiger charge is -2.29. The van der Waals surface area contributed by atoms with Crippen molar-refractivity contribution in [2.75, 3.05) is 6.54 Å². The van der Waals surface area contributed by atoms with Gasteiger partial charge in [-0.25, -0.2) is 14.0 Å². The molecule has 3 N–H and O–H groups in total. The molecule has 0 heterocycles. The van der Waals surface area contributed by atoms with Gasteiger partial charge in [0.2, 0.25) is 5.91 Å². The van der Waals surface area contributed by atoms with Crippen LogP contribution in [0.2, 0.25) is 0 Å². The van der Waals surface area contributed by atoms with Crippen LogP contribution in [0.5, 0.6) is 0 Å². The Balaban J connectivity index is 1.81. The Kier molecular flexibility index (Phi) is 8.85. The zero-order valence-electron chi connectivity index (χ0n) is 18.0. The third-order valence-corrected chi connectivity index (χ3v) is 5.83. The van der Waals surface area contributed by atoms with Gasteiger partial charge in [0.15, 0.2) is 0 Å². The van der Waals surface area contributed by atoms with E-state index in [2.05, 4.69) is 26.6 Å². The molecule has 7 nitrogen and oxygen atoms in total. The summed E-state index contributed by atoms with van der Waals surface area (Å²) in [4.78, 5) is 36.0. The maximum Gasteiger partial charge on any atom is 0.407 e. The Morgan fingerprint density at radius 2 is 1.87 bits per heavy atom. The van der Waals surface area contributed by atoms with Crippen molar-refractivity contribution in [1.82, 2.24) is 10.6 Å².